The highest BCUT2D eigenvalue weighted by Crippen LogP contribution is 2.39. The summed E-state index contributed by atoms with van der Waals surface area (Å²) in [5.41, 5.74) is 2.27. The SMILES string of the molecule is COc1cc(Cl)ccc1C(=O)N1C[C@H]2C[C@@H](Oc3ccc(C)nc3C)[C@H](O)C[C@H]2C1. The number of nitrogens with zero attached hydrogens (tertiary/aromatic N) is 2. The first kappa shape index (κ1) is 20.9. The van der Waals surface area contributed by atoms with Gasteiger partial charge in [-0.1, -0.05) is 11.6 Å². The fourth-order valence-corrected chi connectivity index (χ4v) is 4.82. The van der Waals surface area contributed by atoms with E-state index in [1.165, 1.54) is 7.11 Å². The second-order valence-corrected chi connectivity index (χ2v) is 8.74. The van der Waals surface area contributed by atoms with Crippen LogP contribution in [0.5, 0.6) is 11.5 Å². The number of halogens is 1. The number of pyridine rings is 1. The molecule has 1 saturated heterocycles. The third kappa shape index (κ3) is 4.12. The fourth-order valence-electron chi connectivity index (χ4n) is 4.66. The topological polar surface area (TPSA) is 71.9 Å². The quantitative estimate of drug-likeness (QED) is 0.801. The Labute approximate surface area is 181 Å². The van der Waals surface area contributed by atoms with E-state index in [2.05, 4.69) is 4.98 Å². The van der Waals surface area contributed by atoms with Crippen molar-refractivity contribution < 1.29 is 19.4 Å². The van der Waals surface area contributed by atoms with Crippen molar-refractivity contribution in [3.05, 3.63) is 52.3 Å². The predicted octanol–water partition coefficient (Wildman–Crippen LogP) is 3.65. The van der Waals surface area contributed by atoms with Gasteiger partial charge in [0.05, 0.1) is 24.5 Å². The molecule has 7 heteroatoms. The summed E-state index contributed by atoms with van der Waals surface area (Å²) >= 11 is 6.03. The van der Waals surface area contributed by atoms with E-state index in [1.54, 1.807) is 18.2 Å². The van der Waals surface area contributed by atoms with E-state index in [0.29, 0.717) is 53.9 Å². The minimum absolute atomic E-state index is 0.0662. The number of ether oxygens (including phenoxy) is 2. The number of hydrogen-bond acceptors (Lipinski definition) is 5. The molecule has 4 atom stereocenters. The smallest absolute Gasteiger partial charge is 0.257 e. The second kappa shape index (κ2) is 8.44. The van der Waals surface area contributed by atoms with Crippen molar-refractivity contribution in [1.29, 1.82) is 0 Å². The van der Waals surface area contributed by atoms with Crippen molar-refractivity contribution in [3.8, 4) is 11.5 Å². The van der Waals surface area contributed by atoms with Gasteiger partial charge in [0.15, 0.2) is 0 Å². The van der Waals surface area contributed by atoms with Crippen LogP contribution in [-0.4, -0.2) is 53.3 Å². The lowest BCUT2D eigenvalue weighted by Crippen LogP contribution is -2.42. The molecule has 4 rings (SSSR count). The number of hydrogen-bond donors (Lipinski definition) is 1. The van der Waals surface area contributed by atoms with Gasteiger partial charge < -0.3 is 19.5 Å². The predicted molar refractivity (Wildman–Crippen MR) is 114 cm³/mol. The second-order valence-electron chi connectivity index (χ2n) is 8.31. The van der Waals surface area contributed by atoms with Crippen molar-refractivity contribution in [3.63, 3.8) is 0 Å². The summed E-state index contributed by atoms with van der Waals surface area (Å²) in [5, 5.41) is 11.2. The molecule has 1 aromatic carbocycles. The van der Waals surface area contributed by atoms with E-state index in [9.17, 15) is 9.90 Å². The molecule has 0 radical (unpaired) electrons. The van der Waals surface area contributed by atoms with Gasteiger partial charge in [-0.05, 0) is 68.9 Å². The maximum atomic E-state index is 13.1. The van der Waals surface area contributed by atoms with Crippen LogP contribution in [0.2, 0.25) is 5.02 Å². The highest BCUT2D eigenvalue weighted by molar-refractivity contribution is 6.30. The Kier molecular flexibility index (Phi) is 5.89. The highest BCUT2D eigenvalue weighted by Gasteiger charge is 2.44. The van der Waals surface area contributed by atoms with Gasteiger partial charge in [-0.25, -0.2) is 0 Å². The van der Waals surface area contributed by atoms with Crippen LogP contribution in [0.1, 0.15) is 34.6 Å². The molecule has 2 heterocycles. The highest BCUT2D eigenvalue weighted by atomic mass is 35.5. The lowest BCUT2D eigenvalue weighted by atomic mass is 9.78. The number of likely N-dealkylation sites (tertiary alicyclic amines) is 1. The molecule has 0 spiro atoms. The number of methoxy groups -OCH3 is 1. The Morgan fingerprint density at radius 2 is 1.87 bits per heavy atom. The first-order valence-corrected chi connectivity index (χ1v) is 10.6. The molecule has 1 aliphatic heterocycles. The van der Waals surface area contributed by atoms with Crippen LogP contribution in [0.3, 0.4) is 0 Å². The minimum atomic E-state index is -0.563. The molecule has 0 bridgehead atoms. The normalized spacial score (nSPS) is 25.7. The number of amides is 1. The van der Waals surface area contributed by atoms with Crippen molar-refractivity contribution in [1.82, 2.24) is 9.88 Å². The van der Waals surface area contributed by atoms with Crippen LogP contribution >= 0.6 is 11.6 Å². The molecule has 1 aliphatic carbocycles. The molecule has 2 fully saturated rings. The molecule has 1 amide bonds. The van der Waals surface area contributed by atoms with Crippen LogP contribution in [-0.2, 0) is 0 Å². The molecule has 1 aromatic heterocycles. The van der Waals surface area contributed by atoms with Gasteiger partial charge in [0.1, 0.15) is 17.6 Å². The number of aliphatic hydroxyl groups is 1. The number of aryl methyl sites for hydroxylation is 2. The molecule has 1 saturated carbocycles. The maximum absolute atomic E-state index is 13.1. The molecular formula is C23H27ClN2O4. The Hall–Kier alpha value is -2.31. The Balaban J connectivity index is 1.46. The Bertz CT molecular complexity index is 951. The summed E-state index contributed by atoms with van der Waals surface area (Å²) in [5.74, 6) is 1.67. The monoisotopic (exact) mass is 430 g/mol. The Morgan fingerprint density at radius 3 is 2.57 bits per heavy atom. The summed E-state index contributed by atoms with van der Waals surface area (Å²) in [4.78, 5) is 19.4. The number of carbonyl (C=O) groups excluding carboxylic acids is 1. The number of aliphatic hydroxyl groups excluding tert-OH is 1. The summed E-state index contributed by atoms with van der Waals surface area (Å²) in [6, 6.07) is 8.89. The third-order valence-electron chi connectivity index (χ3n) is 6.22. The minimum Gasteiger partial charge on any atom is -0.496 e. The van der Waals surface area contributed by atoms with Gasteiger partial charge in [0, 0.05) is 23.8 Å². The summed E-state index contributed by atoms with van der Waals surface area (Å²) in [7, 11) is 1.53. The largest absolute Gasteiger partial charge is 0.496 e. The van der Waals surface area contributed by atoms with Crippen LogP contribution in [0.15, 0.2) is 30.3 Å². The standard InChI is InChI=1S/C23H27ClN2O4/c1-13-4-7-20(14(2)25-13)30-22-9-16-12-26(11-15(16)8-19(22)27)23(28)18-6-5-17(24)10-21(18)29-3/h4-7,10,15-16,19,22,27H,8-9,11-12H2,1-3H3/t15-,16+,19+,22+/m0/s1. The number of rotatable bonds is 4. The molecular weight excluding hydrogens is 404 g/mol. The first-order valence-electron chi connectivity index (χ1n) is 10.3. The van der Waals surface area contributed by atoms with E-state index in [0.717, 1.165) is 11.4 Å². The van der Waals surface area contributed by atoms with E-state index >= 15 is 0 Å². The average Bonchev–Trinajstić information content (AvgIpc) is 3.12. The van der Waals surface area contributed by atoms with E-state index in [4.69, 9.17) is 21.1 Å². The molecule has 1 N–H and O–H groups in total. The van der Waals surface area contributed by atoms with Crippen molar-refractivity contribution >= 4 is 17.5 Å². The van der Waals surface area contributed by atoms with Gasteiger partial charge in [-0.2, -0.15) is 0 Å². The van der Waals surface area contributed by atoms with E-state index in [1.807, 2.05) is 30.9 Å². The summed E-state index contributed by atoms with van der Waals surface area (Å²) in [6.07, 6.45) is 0.470. The fraction of sp³-hybridized carbons (Fsp3) is 0.478. The first-order chi connectivity index (χ1) is 14.4. The van der Waals surface area contributed by atoms with Gasteiger partial charge in [0.2, 0.25) is 0 Å². The zero-order valence-electron chi connectivity index (χ0n) is 17.5. The number of aromatic nitrogens is 1. The zero-order valence-corrected chi connectivity index (χ0v) is 18.2. The third-order valence-corrected chi connectivity index (χ3v) is 6.46. The average molecular weight is 431 g/mol. The maximum Gasteiger partial charge on any atom is 0.257 e. The van der Waals surface area contributed by atoms with Gasteiger partial charge in [0.25, 0.3) is 5.91 Å². The zero-order chi connectivity index (χ0) is 21.4. The van der Waals surface area contributed by atoms with Crippen LogP contribution in [0.4, 0.5) is 0 Å². The van der Waals surface area contributed by atoms with Gasteiger partial charge in [-0.15, -0.1) is 0 Å². The lowest BCUT2D eigenvalue weighted by Gasteiger charge is -2.35. The van der Waals surface area contributed by atoms with Crippen LogP contribution < -0.4 is 9.47 Å². The molecule has 2 aliphatic rings. The van der Waals surface area contributed by atoms with Crippen molar-refractivity contribution in [2.24, 2.45) is 11.8 Å². The summed E-state index contributed by atoms with van der Waals surface area (Å²) < 4.78 is 11.5. The molecule has 0 unspecified atom stereocenters. The number of carbonyl (C=O) groups is 1. The Morgan fingerprint density at radius 1 is 1.13 bits per heavy atom. The number of benzene rings is 1. The lowest BCUT2D eigenvalue weighted by molar-refractivity contribution is -0.0236. The van der Waals surface area contributed by atoms with E-state index in [-0.39, 0.29) is 17.9 Å². The molecule has 30 heavy (non-hydrogen) atoms. The molecule has 2 aromatic rings. The van der Waals surface area contributed by atoms with Gasteiger partial charge >= 0.3 is 0 Å². The van der Waals surface area contributed by atoms with Gasteiger partial charge in [-0.3, -0.25) is 9.78 Å². The summed E-state index contributed by atoms with van der Waals surface area (Å²) in [6.45, 7) is 5.13. The van der Waals surface area contributed by atoms with Crippen LogP contribution in [0, 0.1) is 25.7 Å². The van der Waals surface area contributed by atoms with Crippen molar-refractivity contribution in [2.75, 3.05) is 20.2 Å². The number of fused-ring (bicyclic) bond motifs is 1. The molecule has 160 valence electrons. The van der Waals surface area contributed by atoms with Crippen molar-refractivity contribution in [2.45, 2.75) is 38.9 Å². The molecule has 6 nitrogen and oxygen atoms in total. The van der Waals surface area contributed by atoms with Crippen LogP contribution in [0.25, 0.3) is 0 Å². The van der Waals surface area contributed by atoms with E-state index < -0.39 is 6.10 Å².